The van der Waals surface area contributed by atoms with Gasteiger partial charge in [-0.1, -0.05) is 63.0 Å². The average Bonchev–Trinajstić information content (AvgIpc) is 3.40. The van der Waals surface area contributed by atoms with Crippen molar-refractivity contribution in [3.8, 4) is 5.75 Å². The van der Waals surface area contributed by atoms with E-state index in [1.807, 2.05) is 6.07 Å². The number of rotatable bonds is 13. The molecule has 0 saturated carbocycles. The first-order valence-electron chi connectivity index (χ1n) is 9.37. The van der Waals surface area contributed by atoms with Crippen LogP contribution in [0.25, 0.3) is 0 Å². The molecule has 0 radical (unpaired) electrons. The van der Waals surface area contributed by atoms with Crippen molar-refractivity contribution < 1.29 is 9.47 Å². The van der Waals surface area contributed by atoms with Gasteiger partial charge in [-0.2, -0.15) is 0 Å². The maximum atomic E-state index is 5.86. The Hall–Kier alpha value is -1.28. The van der Waals surface area contributed by atoms with Crippen LogP contribution in [0.3, 0.4) is 0 Å². The van der Waals surface area contributed by atoms with Gasteiger partial charge in [-0.05, 0) is 43.7 Å². The first-order chi connectivity index (χ1) is 11.4. The Labute approximate surface area is 141 Å². The van der Waals surface area contributed by atoms with Gasteiger partial charge in [-0.15, -0.1) is 0 Å². The molecule has 1 heterocycles. The van der Waals surface area contributed by atoms with E-state index in [1.165, 1.54) is 50.5 Å². The first-order valence-corrected chi connectivity index (χ1v) is 9.37. The minimum absolute atomic E-state index is 0.323. The third-order valence-electron chi connectivity index (χ3n) is 4.26. The highest BCUT2D eigenvalue weighted by Gasteiger charge is 2.23. The summed E-state index contributed by atoms with van der Waals surface area (Å²) in [7, 11) is 0. The van der Waals surface area contributed by atoms with Gasteiger partial charge < -0.3 is 9.47 Å². The van der Waals surface area contributed by atoms with Crippen LogP contribution in [0, 0.1) is 0 Å². The Balaban J connectivity index is 1.56. The van der Waals surface area contributed by atoms with Crippen LogP contribution in [0.5, 0.6) is 5.75 Å². The number of ether oxygens (including phenoxy) is 2. The second kappa shape index (κ2) is 11.3. The maximum absolute atomic E-state index is 5.86. The molecule has 0 spiro atoms. The average molecular weight is 316 g/mol. The smallest absolute Gasteiger partial charge is 0.122 e. The third-order valence-corrected chi connectivity index (χ3v) is 4.26. The number of hydrogen-bond acceptors (Lipinski definition) is 2. The Bertz CT molecular complexity index is 449. The summed E-state index contributed by atoms with van der Waals surface area (Å²) in [4.78, 5) is 0. The van der Waals surface area contributed by atoms with E-state index >= 15 is 0 Å². The zero-order valence-corrected chi connectivity index (χ0v) is 14.6. The van der Waals surface area contributed by atoms with Gasteiger partial charge in [0.1, 0.15) is 18.5 Å². The topological polar surface area (TPSA) is 21.8 Å². The second-order valence-electron chi connectivity index (χ2n) is 6.44. The predicted octanol–water partition coefficient (Wildman–Crippen LogP) is 5.70. The van der Waals surface area contributed by atoms with Crippen molar-refractivity contribution in [3.05, 3.63) is 42.0 Å². The zero-order valence-electron chi connectivity index (χ0n) is 14.6. The lowest BCUT2D eigenvalue weighted by Gasteiger charge is -2.10. The van der Waals surface area contributed by atoms with E-state index in [1.54, 1.807) is 0 Å². The van der Waals surface area contributed by atoms with Gasteiger partial charge in [0.15, 0.2) is 0 Å². The molecule has 1 aliphatic rings. The molecule has 1 atom stereocenters. The number of allylic oxidation sites excluding steroid dienone is 2. The molecule has 128 valence electrons. The van der Waals surface area contributed by atoms with E-state index in [0.717, 1.165) is 25.2 Å². The molecule has 0 bridgehead atoms. The summed E-state index contributed by atoms with van der Waals surface area (Å²) in [5.74, 6) is 1.03. The summed E-state index contributed by atoms with van der Waals surface area (Å²) in [5, 5.41) is 0. The Morgan fingerprint density at radius 1 is 1.04 bits per heavy atom. The molecule has 1 unspecified atom stereocenters. The van der Waals surface area contributed by atoms with Crippen LogP contribution in [0.2, 0.25) is 0 Å². The predicted molar refractivity (Wildman–Crippen MR) is 97.1 cm³/mol. The summed E-state index contributed by atoms with van der Waals surface area (Å²) in [5.41, 5.74) is 1.32. The summed E-state index contributed by atoms with van der Waals surface area (Å²) in [6.45, 7) is 3.81. The van der Waals surface area contributed by atoms with Gasteiger partial charge in [0.2, 0.25) is 0 Å². The minimum atomic E-state index is 0.323. The van der Waals surface area contributed by atoms with E-state index < -0.39 is 0 Å². The number of para-hydroxylation sites is 1. The van der Waals surface area contributed by atoms with Crippen molar-refractivity contribution in [2.45, 2.75) is 70.8 Å². The van der Waals surface area contributed by atoms with Crippen LogP contribution < -0.4 is 4.74 Å². The summed E-state index contributed by atoms with van der Waals surface area (Å²) in [6, 6.07) is 8.40. The second-order valence-corrected chi connectivity index (χ2v) is 6.44. The van der Waals surface area contributed by atoms with Crippen molar-refractivity contribution in [3.63, 3.8) is 0 Å². The summed E-state index contributed by atoms with van der Waals surface area (Å²) < 4.78 is 11.1. The fourth-order valence-corrected chi connectivity index (χ4v) is 2.71. The number of hydrogen-bond donors (Lipinski definition) is 0. The normalized spacial score (nSPS) is 16.8. The molecule has 2 rings (SSSR count). The standard InChI is InChI=1S/C21H32O2/c1-2-3-4-5-6-7-8-9-10-11-14-19-15-12-13-16-21(19)23-18-20-17-22-20/h8-9,12-13,15-16,20H,2-7,10-11,14,17-18H2,1H3/b9-8+. The first kappa shape index (κ1) is 18.1. The monoisotopic (exact) mass is 316 g/mol. The maximum Gasteiger partial charge on any atom is 0.122 e. The lowest BCUT2D eigenvalue weighted by atomic mass is 10.1. The van der Waals surface area contributed by atoms with Crippen molar-refractivity contribution in [1.29, 1.82) is 0 Å². The van der Waals surface area contributed by atoms with Crippen LogP contribution in [-0.4, -0.2) is 19.3 Å². The molecular weight excluding hydrogens is 284 g/mol. The van der Waals surface area contributed by atoms with Crippen molar-refractivity contribution in [1.82, 2.24) is 0 Å². The fourth-order valence-electron chi connectivity index (χ4n) is 2.71. The Morgan fingerprint density at radius 3 is 2.57 bits per heavy atom. The number of epoxide rings is 1. The minimum Gasteiger partial charge on any atom is -0.491 e. The molecule has 0 aliphatic carbocycles. The van der Waals surface area contributed by atoms with Crippen LogP contribution in [0.15, 0.2) is 36.4 Å². The highest BCUT2D eigenvalue weighted by atomic mass is 16.6. The molecule has 0 N–H and O–H groups in total. The van der Waals surface area contributed by atoms with E-state index in [4.69, 9.17) is 9.47 Å². The molecule has 1 fully saturated rings. The van der Waals surface area contributed by atoms with E-state index in [-0.39, 0.29) is 0 Å². The molecule has 2 nitrogen and oxygen atoms in total. The largest absolute Gasteiger partial charge is 0.491 e. The van der Waals surface area contributed by atoms with Crippen LogP contribution >= 0.6 is 0 Å². The third kappa shape index (κ3) is 8.22. The van der Waals surface area contributed by atoms with E-state index in [0.29, 0.717) is 12.7 Å². The molecule has 0 aromatic heterocycles. The van der Waals surface area contributed by atoms with E-state index in [2.05, 4.69) is 37.3 Å². The number of benzene rings is 1. The van der Waals surface area contributed by atoms with Gasteiger partial charge in [0.05, 0.1) is 6.61 Å². The van der Waals surface area contributed by atoms with E-state index in [9.17, 15) is 0 Å². The summed E-state index contributed by atoms with van der Waals surface area (Å²) in [6.07, 6.45) is 16.5. The number of unbranched alkanes of at least 4 members (excludes halogenated alkanes) is 6. The molecule has 1 saturated heterocycles. The quantitative estimate of drug-likeness (QED) is 0.264. The Morgan fingerprint density at radius 2 is 1.78 bits per heavy atom. The van der Waals surface area contributed by atoms with Gasteiger partial charge in [0, 0.05) is 0 Å². The highest BCUT2D eigenvalue weighted by molar-refractivity contribution is 5.33. The molecule has 2 heteroatoms. The van der Waals surface area contributed by atoms with Crippen LogP contribution in [-0.2, 0) is 11.2 Å². The Kier molecular flexibility index (Phi) is 8.86. The lowest BCUT2D eigenvalue weighted by Crippen LogP contribution is -2.05. The molecule has 23 heavy (non-hydrogen) atoms. The lowest BCUT2D eigenvalue weighted by molar-refractivity contribution is 0.261. The SMILES string of the molecule is CCCCCCC/C=C/CCCc1ccccc1OCC1CO1. The molecule has 1 aromatic carbocycles. The van der Waals surface area contributed by atoms with Crippen LogP contribution in [0.1, 0.15) is 63.9 Å². The van der Waals surface area contributed by atoms with Gasteiger partial charge in [-0.25, -0.2) is 0 Å². The molecule has 1 aromatic rings. The van der Waals surface area contributed by atoms with Crippen molar-refractivity contribution in [2.75, 3.05) is 13.2 Å². The van der Waals surface area contributed by atoms with Gasteiger partial charge >= 0.3 is 0 Å². The van der Waals surface area contributed by atoms with Gasteiger partial charge in [-0.3, -0.25) is 0 Å². The molecule has 0 amide bonds. The van der Waals surface area contributed by atoms with Crippen molar-refractivity contribution >= 4 is 0 Å². The zero-order chi connectivity index (χ0) is 16.2. The fraction of sp³-hybridized carbons (Fsp3) is 0.619. The van der Waals surface area contributed by atoms with Crippen molar-refractivity contribution in [2.24, 2.45) is 0 Å². The molecular formula is C21H32O2. The van der Waals surface area contributed by atoms with Gasteiger partial charge in [0.25, 0.3) is 0 Å². The number of aryl methyl sites for hydroxylation is 1. The van der Waals surface area contributed by atoms with Crippen LogP contribution in [0.4, 0.5) is 0 Å². The molecule has 1 aliphatic heterocycles. The summed E-state index contributed by atoms with van der Waals surface area (Å²) >= 11 is 0. The highest BCUT2D eigenvalue weighted by Crippen LogP contribution is 2.22.